The van der Waals surface area contributed by atoms with Crippen LogP contribution in [0.3, 0.4) is 0 Å². The number of nitrogens with one attached hydrogen (secondary N) is 1. The summed E-state index contributed by atoms with van der Waals surface area (Å²) in [7, 11) is 0. The van der Waals surface area contributed by atoms with E-state index < -0.39 is 11.8 Å². The van der Waals surface area contributed by atoms with Crippen LogP contribution in [0, 0.1) is 0 Å². The van der Waals surface area contributed by atoms with Gasteiger partial charge in [-0.1, -0.05) is 78.9 Å². The number of fused-ring (bicyclic) bond motifs is 1. The zero-order valence-electron chi connectivity index (χ0n) is 17.2. The SMILES string of the molecule is O=C1NN(c2ccccc2)C(=O)/C1=C/c1ccccc1OCc1cccc2ccccc12. The Balaban J connectivity index is 1.42. The fourth-order valence-electron chi connectivity index (χ4n) is 3.78. The van der Waals surface area contributed by atoms with Gasteiger partial charge in [-0.05, 0) is 40.6 Å². The van der Waals surface area contributed by atoms with E-state index in [1.54, 1.807) is 18.2 Å². The molecule has 0 radical (unpaired) electrons. The normalized spacial score (nSPS) is 14.8. The van der Waals surface area contributed by atoms with Crippen molar-refractivity contribution in [3.63, 3.8) is 0 Å². The third kappa shape index (κ3) is 3.72. The highest BCUT2D eigenvalue weighted by Crippen LogP contribution is 2.27. The van der Waals surface area contributed by atoms with Gasteiger partial charge in [-0.2, -0.15) is 0 Å². The van der Waals surface area contributed by atoms with Crippen molar-refractivity contribution in [2.75, 3.05) is 5.01 Å². The molecule has 4 aromatic rings. The molecule has 1 saturated heterocycles. The number of hydrazine groups is 1. The van der Waals surface area contributed by atoms with Crippen molar-refractivity contribution in [2.45, 2.75) is 6.61 Å². The Morgan fingerprint density at radius 3 is 2.38 bits per heavy atom. The minimum atomic E-state index is -0.442. The number of hydrogen-bond donors (Lipinski definition) is 1. The van der Waals surface area contributed by atoms with Gasteiger partial charge in [0.2, 0.25) is 0 Å². The summed E-state index contributed by atoms with van der Waals surface area (Å²) >= 11 is 0. The minimum absolute atomic E-state index is 0.0649. The number of nitrogens with zero attached hydrogens (tertiary/aromatic N) is 1. The summed E-state index contributed by atoms with van der Waals surface area (Å²) in [6, 6.07) is 30.7. The van der Waals surface area contributed by atoms with Gasteiger partial charge in [0.05, 0.1) is 5.69 Å². The van der Waals surface area contributed by atoms with E-state index in [1.807, 2.05) is 66.7 Å². The molecule has 1 heterocycles. The summed E-state index contributed by atoms with van der Waals surface area (Å²) in [5.41, 5.74) is 5.03. The lowest BCUT2D eigenvalue weighted by atomic mass is 10.1. The second-order valence-electron chi connectivity index (χ2n) is 7.44. The van der Waals surface area contributed by atoms with Crippen LogP contribution < -0.4 is 15.2 Å². The number of rotatable bonds is 5. The Bertz CT molecular complexity index is 1340. The van der Waals surface area contributed by atoms with E-state index in [9.17, 15) is 9.59 Å². The largest absolute Gasteiger partial charge is 0.488 e. The summed E-state index contributed by atoms with van der Waals surface area (Å²) < 4.78 is 6.12. The summed E-state index contributed by atoms with van der Waals surface area (Å²) in [6.45, 7) is 0.373. The smallest absolute Gasteiger partial charge is 0.282 e. The molecule has 1 aliphatic rings. The first-order valence-corrected chi connectivity index (χ1v) is 10.3. The Labute approximate surface area is 185 Å². The van der Waals surface area contributed by atoms with Crippen molar-refractivity contribution >= 4 is 34.4 Å². The van der Waals surface area contributed by atoms with E-state index >= 15 is 0 Å². The Kier molecular flexibility index (Phi) is 5.14. The number of benzene rings is 4. The number of hydrogen-bond acceptors (Lipinski definition) is 3. The third-order valence-electron chi connectivity index (χ3n) is 5.39. The van der Waals surface area contributed by atoms with Crippen LogP contribution in [-0.4, -0.2) is 11.8 Å². The van der Waals surface area contributed by atoms with Gasteiger partial charge in [0.25, 0.3) is 11.8 Å². The van der Waals surface area contributed by atoms with Crippen LogP contribution in [-0.2, 0) is 16.2 Å². The van der Waals surface area contributed by atoms with Gasteiger partial charge in [-0.25, -0.2) is 5.01 Å². The van der Waals surface area contributed by atoms with E-state index in [0.717, 1.165) is 16.3 Å². The molecule has 0 aromatic heterocycles. The Morgan fingerprint density at radius 2 is 1.50 bits per heavy atom. The molecular formula is C27H20N2O3. The van der Waals surface area contributed by atoms with Gasteiger partial charge >= 0.3 is 0 Å². The van der Waals surface area contributed by atoms with Gasteiger partial charge in [0, 0.05) is 5.56 Å². The van der Waals surface area contributed by atoms with Crippen LogP contribution in [0.1, 0.15) is 11.1 Å². The summed E-state index contributed by atoms with van der Waals surface area (Å²) in [5.74, 6) is -0.237. The molecule has 0 aliphatic carbocycles. The van der Waals surface area contributed by atoms with Crippen LogP contribution in [0.25, 0.3) is 16.8 Å². The standard InChI is InChI=1S/C27H20N2O3/c30-26-24(27(31)29(28-26)22-13-2-1-3-14-22)17-20-10-5-7-16-25(20)32-18-21-12-8-11-19-9-4-6-15-23(19)21/h1-17H,18H2,(H,28,30)/b24-17+. The monoisotopic (exact) mass is 420 g/mol. The number of anilines is 1. The molecule has 5 nitrogen and oxygen atoms in total. The molecular weight excluding hydrogens is 400 g/mol. The van der Waals surface area contributed by atoms with Crippen LogP contribution >= 0.6 is 0 Å². The third-order valence-corrected chi connectivity index (χ3v) is 5.39. The molecule has 0 bridgehead atoms. The predicted octanol–water partition coefficient (Wildman–Crippen LogP) is 4.88. The lowest BCUT2D eigenvalue weighted by Gasteiger charge is -2.14. The highest BCUT2D eigenvalue weighted by molar-refractivity contribution is 6.31. The van der Waals surface area contributed by atoms with Gasteiger partial charge in [-0.3, -0.25) is 15.0 Å². The second-order valence-corrected chi connectivity index (χ2v) is 7.44. The number of amides is 2. The Hall–Kier alpha value is -4.38. The maximum absolute atomic E-state index is 12.9. The first kappa shape index (κ1) is 19.6. The first-order chi connectivity index (χ1) is 15.7. The molecule has 5 rings (SSSR count). The van der Waals surface area contributed by atoms with Crippen molar-refractivity contribution in [3.05, 3.63) is 114 Å². The van der Waals surface area contributed by atoms with Crippen LogP contribution in [0.4, 0.5) is 5.69 Å². The number of carbonyl (C=O) groups is 2. The molecule has 4 aromatic carbocycles. The van der Waals surface area contributed by atoms with E-state index in [2.05, 4.69) is 23.6 Å². The number of para-hydroxylation sites is 2. The molecule has 32 heavy (non-hydrogen) atoms. The van der Waals surface area contributed by atoms with Crippen LogP contribution in [0.15, 0.2) is 103 Å². The van der Waals surface area contributed by atoms with E-state index in [-0.39, 0.29) is 5.57 Å². The van der Waals surface area contributed by atoms with E-state index in [4.69, 9.17) is 4.74 Å². The lowest BCUT2D eigenvalue weighted by molar-refractivity contribution is -0.117. The van der Waals surface area contributed by atoms with Gasteiger partial charge in [0.15, 0.2) is 0 Å². The minimum Gasteiger partial charge on any atom is -0.488 e. The van der Waals surface area contributed by atoms with Crippen molar-refractivity contribution in [3.8, 4) is 5.75 Å². The van der Waals surface area contributed by atoms with E-state index in [0.29, 0.717) is 23.6 Å². The predicted molar refractivity (Wildman–Crippen MR) is 125 cm³/mol. The molecule has 0 atom stereocenters. The van der Waals surface area contributed by atoms with Crippen molar-refractivity contribution in [1.29, 1.82) is 0 Å². The number of ether oxygens (including phenoxy) is 1. The van der Waals surface area contributed by atoms with Crippen LogP contribution in [0.2, 0.25) is 0 Å². The van der Waals surface area contributed by atoms with Gasteiger partial charge in [-0.15, -0.1) is 0 Å². The summed E-state index contributed by atoms with van der Waals surface area (Å²) in [5, 5.41) is 3.54. The van der Waals surface area contributed by atoms with E-state index in [1.165, 1.54) is 5.01 Å². The fraction of sp³-hybridized carbons (Fsp3) is 0.0370. The molecule has 0 spiro atoms. The molecule has 156 valence electrons. The Morgan fingerprint density at radius 1 is 0.781 bits per heavy atom. The fourth-order valence-corrected chi connectivity index (χ4v) is 3.78. The van der Waals surface area contributed by atoms with Crippen molar-refractivity contribution in [2.24, 2.45) is 0 Å². The summed E-state index contributed by atoms with van der Waals surface area (Å²) in [6.07, 6.45) is 1.58. The highest BCUT2D eigenvalue weighted by Gasteiger charge is 2.34. The summed E-state index contributed by atoms with van der Waals surface area (Å²) in [4.78, 5) is 25.4. The highest BCUT2D eigenvalue weighted by atomic mass is 16.5. The molecule has 1 aliphatic heterocycles. The topological polar surface area (TPSA) is 58.6 Å². The van der Waals surface area contributed by atoms with Gasteiger partial charge < -0.3 is 4.74 Å². The average molecular weight is 420 g/mol. The van der Waals surface area contributed by atoms with Crippen molar-refractivity contribution in [1.82, 2.24) is 5.43 Å². The molecule has 1 fully saturated rings. The lowest BCUT2D eigenvalue weighted by Crippen LogP contribution is -2.35. The molecule has 0 saturated carbocycles. The molecule has 0 unspecified atom stereocenters. The quantitative estimate of drug-likeness (QED) is 0.370. The maximum atomic E-state index is 12.9. The molecule has 2 amide bonds. The maximum Gasteiger partial charge on any atom is 0.282 e. The second kappa shape index (κ2) is 8.40. The zero-order valence-corrected chi connectivity index (χ0v) is 17.2. The zero-order chi connectivity index (χ0) is 21.9. The van der Waals surface area contributed by atoms with Crippen LogP contribution in [0.5, 0.6) is 5.75 Å². The number of carbonyl (C=O) groups excluding carboxylic acids is 2. The average Bonchev–Trinajstić information content (AvgIpc) is 3.12. The van der Waals surface area contributed by atoms with Crippen molar-refractivity contribution < 1.29 is 14.3 Å². The van der Waals surface area contributed by atoms with Gasteiger partial charge in [0.1, 0.15) is 17.9 Å². The molecule has 1 N–H and O–H groups in total. The first-order valence-electron chi connectivity index (χ1n) is 10.3. The molecule has 5 heteroatoms.